The van der Waals surface area contributed by atoms with E-state index in [0.717, 1.165) is 10.9 Å². The lowest BCUT2D eigenvalue weighted by molar-refractivity contribution is -0.127. The number of fused-ring (bicyclic) bond motifs is 1. The zero-order valence-electron chi connectivity index (χ0n) is 13.9. The molecule has 1 heterocycles. The van der Waals surface area contributed by atoms with Gasteiger partial charge in [0.25, 0.3) is 0 Å². The first-order valence-corrected chi connectivity index (χ1v) is 7.74. The standard InChI is InChI=1S/C18H19N3O3/c1-18(2)8-14(22)12(15(23)9-18)10-19-20-16-11-6-4-5-7-13(11)21(3)17(16)24/h4-7,10,24H,8-9H2,1-3H3. The zero-order valence-corrected chi connectivity index (χ0v) is 13.9. The van der Waals surface area contributed by atoms with Crippen LogP contribution in [0.5, 0.6) is 5.88 Å². The topological polar surface area (TPSA) is 84.0 Å². The van der Waals surface area contributed by atoms with Crippen LogP contribution >= 0.6 is 0 Å². The first kappa shape index (κ1) is 16.1. The van der Waals surface area contributed by atoms with Gasteiger partial charge in [-0.25, -0.2) is 0 Å². The molecule has 0 amide bonds. The zero-order chi connectivity index (χ0) is 17.5. The number of azo groups is 1. The van der Waals surface area contributed by atoms with Gasteiger partial charge < -0.3 is 9.67 Å². The highest BCUT2D eigenvalue weighted by Gasteiger charge is 2.35. The highest BCUT2D eigenvalue weighted by molar-refractivity contribution is 6.22. The van der Waals surface area contributed by atoms with Crippen LogP contribution in [0.25, 0.3) is 10.9 Å². The minimum absolute atomic E-state index is 0.0132. The number of hydrogen-bond acceptors (Lipinski definition) is 5. The van der Waals surface area contributed by atoms with Crippen LogP contribution in [0.15, 0.2) is 46.3 Å². The molecular weight excluding hydrogens is 306 g/mol. The lowest BCUT2D eigenvalue weighted by Gasteiger charge is -2.27. The van der Waals surface area contributed by atoms with Crippen LogP contribution in [0.3, 0.4) is 0 Å². The SMILES string of the molecule is Cn1c(O)c(N=NC=C2C(=O)CC(C)(C)CC2=O)c2ccccc21. The van der Waals surface area contributed by atoms with Gasteiger partial charge in [-0.05, 0) is 11.5 Å². The predicted octanol–water partition coefficient (Wildman–Crippen LogP) is 3.81. The van der Waals surface area contributed by atoms with E-state index in [2.05, 4.69) is 10.2 Å². The summed E-state index contributed by atoms with van der Waals surface area (Å²) in [4.78, 5) is 24.2. The van der Waals surface area contributed by atoms with Crippen LogP contribution in [-0.4, -0.2) is 21.2 Å². The van der Waals surface area contributed by atoms with E-state index in [0.29, 0.717) is 18.5 Å². The Bertz CT molecular complexity index is 882. The molecule has 24 heavy (non-hydrogen) atoms. The average molecular weight is 325 g/mol. The fourth-order valence-corrected chi connectivity index (χ4v) is 3.02. The van der Waals surface area contributed by atoms with Gasteiger partial charge in [-0.15, -0.1) is 5.11 Å². The monoisotopic (exact) mass is 325 g/mol. The first-order valence-electron chi connectivity index (χ1n) is 7.74. The largest absolute Gasteiger partial charge is 0.493 e. The molecule has 0 aliphatic heterocycles. The quantitative estimate of drug-likeness (QED) is 0.517. The summed E-state index contributed by atoms with van der Waals surface area (Å²) in [7, 11) is 1.73. The number of benzene rings is 1. The summed E-state index contributed by atoms with van der Waals surface area (Å²) < 4.78 is 1.61. The summed E-state index contributed by atoms with van der Waals surface area (Å²) in [6.45, 7) is 3.80. The fraction of sp³-hybridized carbons (Fsp3) is 0.333. The summed E-state index contributed by atoms with van der Waals surface area (Å²) in [5.74, 6) is -0.435. The average Bonchev–Trinajstić information content (AvgIpc) is 2.74. The van der Waals surface area contributed by atoms with Crippen LogP contribution in [0.4, 0.5) is 5.69 Å². The van der Waals surface area contributed by atoms with Crippen LogP contribution in [0.1, 0.15) is 26.7 Å². The molecule has 0 saturated heterocycles. The third-order valence-electron chi connectivity index (χ3n) is 4.27. The first-order chi connectivity index (χ1) is 11.3. The summed E-state index contributed by atoms with van der Waals surface area (Å²) >= 11 is 0. The molecular formula is C18H19N3O3. The number of ketones is 2. The number of aromatic hydroxyl groups is 1. The molecule has 1 aromatic carbocycles. The Kier molecular flexibility index (Phi) is 3.83. The molecule has 1 aliphatic rings. The fourth-order valence-electron chi connectivity index (χ4n) is 3.02. The van der Waals surface area contributed by atoms with Gasteiger partial charge in [0.2, 0.25) is 5.88 Å². The Labute approximate surface area is 139 Å². The van der Waals surface area contributed by atoms with Gasteiger partial charge in [-0.3, -0.25) is 9.59 Å². The van der Waals surface area contributed by atoms with Crippen molar-refractivity contribution in [2.45, 2.75) is 26.7 Å². The number of hydrogen-bond donors (Lipinski definition) is 1. The predicted molar refractivity (Wildman–Crippen MR) is 90.2 cm³/mol. The Hall–Kier alpha value is -2.76. The Balaban J connectivity index is 1.94. The molecule has 1 N–H and O–H groups in total. The van der Waals surface area contributed by atoms with Crippen molar-refractivity contribution in [1.29, 1.82) is 0 Å². The second kappa shape index (κ2) is 5.70. The maximum absolute atomic E-state index is 12.1. The number of allylic oxidation sites excluding steroid dienone is 1. The van der Waals surface area contributed by atoms with Crippen LogP contribution < -0.4 is 0 Å². The second-order valence-corrected chi connectivity index (χ2v) is 6.87. The van der Waals surface area contributed by atoms with Crippen molar-refractivity contribution in [2.24, 2.45) is 22.7 Å². The Morgan fingerprint density at radius 2 is 1.79 bits per heavy atom. The normalized spacial score (nSPS) is 17.9. The second-order valence-electron chi connectivity index (χ2n) is 6.87. The van der Waals surface area contributed by atoms with Gasteiger partial charge in [0, 0.05) is 25.3 Å². The number of carbonyl (C=O) groups is 2. The minimum atomic E-state index is -0.309. The van der Waals surface area contributed by atoms with E-state index in [9.17, 15) is 14.7 Å². The number of Topliss-reactive ketones (excluding diaryl/α,β-unsaturated/α-hetero) is 2. The maximum Gasteiger partial charge on any atom is 0.220 e. The van der Waals surface area contributed by atoms with Gasteiger partial charge in [-0.1, -0.05) is 32.0 Å². The molecule has 2 aromatic rings. The molecule has 0 bridgehead atoms. The van der Waals surface area contributed by atoms with Crippen LogP contribution in [-0.2, 0) is 16.6 Å². The number of nitrogens with zero attached hydrogens (tertiary/aromatic N) is 3. The van der Waals surface area contributed by atoms with E-state index in [1.54, 1.807) is 11.6 Å². The van der Waals surface area contributed by atoms with Crippen molar-refractivity contribution in [3.05, 3.63) is 36.0 Å². The molecule has 1 aliphatic carbocycles. The Morgan fingerprint density at radius 3 is 2.46 bits per heavy atom. The van der Waals surface area contributed by atoms with E-state index in [4.69, 9.17) is 0 Å². The number of para-hydroxylation sites is 1. The van der Waals surface area contributed by atoms with Crippen molar-refractivity contribution >= 4 is 28.2 Å². The molecule has 1 saturated carbocycles. The third-order valence-corrected chi connectivity index (χ3v) is 4.27. The summed E-state index contributed by atoms with van der Waals surface area (Å²) in [5, 5.41) is 18.9. The highest BCUT2D eigenvalue weighted by atomic mass is 16.3. The van der Waals surface area contributed by atoms with Crippen molar-refractivity contribution in [3.8, 4) is 5.88 Å². The van der Waals surface area contributed by atoms with E-state index < -0.39 is 0 Å². The number of rotatable bonds is 2. The molecule has 6 nitrogen and oxygen atoms in total. The summed E-state index contributed by atoms with van der Waals surface area (Å²) in [6, 6.07) is 7.40. The van der Waals surface area contributed by atoms with Crippen molar-refractivity contribution in [3.63, 3.8) is 0 Å². The lowest BCUT2D eigenvalue weighted by Crippen LogP contribution is -2.31. The molecule has 0 unspecified atom stereocenters. The third kappa shape index (κ3) is 2.75. The van der Waals surface area contributed by atoms with Crippen molar-refractivity contribution in [1.82, 2.24) is 4.57 Å². The molecule has 0 radical (unpaired) electrons. The molecule has 6 heteroatoms. The molecule has 1 fully saturated rings. The van der Waals surface area contributed by atoms with E-state index in [1.807, 2.05) is 38.1 Å². The van der Waals surface area contributed by atoms with Gasteiger partial charge in [-0.2, -0.15) is 5.11 Å². The van der Waals surface area contributed by atoms with E-state index in [1.165, 1.54) is 6.20 Å². The highest BCUT2D eigenvalue weighted by Crippen LogP contribution is 2.38. The van der Waals surface area contributed by atoms with E-state index >= 15 is 0 Å². The lowest BCUT2D eigenvalue weighted by atomic mass is 9.74. The van der Waals surface area contributed by atoms with Gasteiger partial charge in [0.1, 0.15) is 0 Å². The van der Waals surface area contributed by atoms with Crippen molar-refractivity contribution in [2.75, 3.05) is 0 Å². The summed E-state index contributed by atoms with van der Waals surface area (Å²) in [5.41, 5.74) is 0.915. The molecule has 0 atom stereocenters. The summed E-state index contributed by atoms with van der Waals surface area (Å²) in [6.07, 6.45) is 1.85. The smallest absolute Gasteiger partial charge is 0.220 e. The van der Waals surface area contributed by atoms with Crippen LogP contribution in [0, 0.1) is 5.41 Å². The minimum Gasteiger partial charge on any atom is -0.493 e. The van der Waals surface area contributed by atoms with E-state index in [-0.39, 0.29) is 28.4 Å². The van der Waals surface area contributed by atoms with Gasteiger partial charge >= 0.3 is 0 Å². The number of aromatic nitrogens is 1. The van der Waals surface area contributed by atoms with Crippen LogP contribution in [0.2, 0.25) is 0 Å². The number of aryl methyl sites for hydroxylation is 1. The van der Waals surface area contributed by atoms with Crippen molar-refractivity contribution < 1.29 is 14.7 Å². The molecule has 1 aromatic heterocycles. The molecule has 3 rings (SSSR count). The number of carbonyl (C=O) groups excluding carboxylic acids is 2. The van der Waals surface area contributed by atoms with Gasteiger partial charge in [0.05, 0.1) is 17.3 Å². The maximum atomic E-state index is 12.1. The molecule has 124 valence electrons. The Morgan fingerprint density at radius 1 is 1.17 bits per heavy atom. The molecule has 0 spiro atoms. The van der Waals surface area contributed by atoms with Gasteiger partial charge in [0.15, 0.2) is 17.3 Å².